The molecule has 1 rings (SSSR count). The van der Waals surface area contributed by atoms with E-state index in [9.17, 15) is 19.5 Å². The fourth-order valence-electron chi connectivity index (χ4n) is 2.35. The number of aliphatic hydroxyl groups is 1. The van der Waals surface area contributed by atoms with E-state index in [-0.39, 0.29) is 0 Å². The van der Waals surface area contributed by atoms with Crippen molar-refractivity contribution >= 4 is 52.6 Å². The molecule has 156 valence electrons. The molecule has 0 aromatic carbocycles. The number of aliphatic hydroxyl groups excluding tert-OH is 1. The molecule has 1 saturated heterocycles. The molecule has 2 amide bonds. The highest BCUT2D eigenvalue weighted by Gasteiger charge is 2.35. The Morgan fingerprint density at radius 3 is 2.41 bits per heavy atom. The van der Waals surface area contributed by atoms with Crippen LogP contribution >= 0.6 is 34.8 Å². The monoisotopic (exact) mass is 445 g/mol. The summed E-state index contributed by atoms with van der Waals surface area (Å²) in [5, 5.41) is 13.7. The lowest BCUT2D eigenvalue weighted by atomic mass is 9.88. The van der Waals surface area contributed by atoms with Gasteiger partial charge in [0, 0.05) is 6.54 Å². The smallest absolute Gasteiger partial charge is 0.325 e. The van der Waals surface area contributed by atoms with Gasteiger partial charge in [0.1, 0.15) is 24.8 Å². The SMILES string of the molecule is CC(NC(=O)C(O)C(C)(C)C)C(=O)N1CCCC(C(=O)OCC(Cl)(Cl)Cl)N1. The molecule has 1 aliphatic rings. The number of carbonyl (C=O) groups is 3. The van der Waals surface area contributed by atoms with Crippen molar-refractivity contribution in [1.82, 2.24) is 15.8 Å². The van der Waals surface area contributed by atoms with Crippen molar-refractivity contribution in [2.45, 2.75) is 62.5 Å². The van der Waals surface area contributed by atoms with Crippen LogP contribution in [-0.4, -0.2) is 63.0 Å². The van der Waals surface area contributed by atoms with Gasteiger partial charge in [-0.2, -0.15) is 0 Å². The lowest BCUT2D eigenvalue weighted by molar-refractivity contribution is -0.153. The van der Waals surface area contributed by atoms with Gasteiger partial charge in [0.2, 0.25) is 9.70 Å². The van der Waals surface area contributed by atoms with Crippen LogP contribution < -0.4 is 10.7 Å². The Labute approximate surface area is 173 Å². The van der Waals surface area contributed by atoms with E-state index in [1.165, 1.54) is 11.9 Å². The third-order valence-corrected chi connectivity index (χ3v) is 4.24. The van der Waals surface area contributed by atoms with Gasteiger partial charge in [-0.3, -0.25) is 19.4 Å². The van der Waals surface area contributed by atoms with Crippen LogP contribution in [-0.2, 0) is 19.1 Å². The molecular formula is C16H26Cl3N3O5. The molecular weight excluding hydrogens is 421 g/mol. The van der Waals surface area contributed by atoms with Crippen LogP contribution in [0.2, 0.25) is 0 Å². The first kappa shape index (κ1) is 24.2. The quantitative estimate of drug-likeness (QED) is 0.434. The molecule has 1 aliphatic heterocycles. The van der Waals surface area contributed by atoms with Gasteiger partial charge in [-0.05, 0) is 25.2 Å². The molecule has 1 heterocycles. The zero-order valence-corrected chi connectivity index (χ0v) is 18.0. The summed E-state index contributed by atoms with van der Waals surface area (Å²) in [6.07, 6.45) is -0.254. The van der Waals surface area contributed by atoms with Crippen molar-refractivity contribution in [3.8, 4) is 0 Å². The number of ether oxygens (including phenoxy) is 1. The fourth-order valence-corrected chi connectivity index (χ4v) is 2.51. The molecule has 27 heavy (non-hydrogen) atoms. The molecule has 0 aliphatic carbocycles. The molecule has 0 radical (unpaired) electrons. The minimum absolute atomic E-state index is 0.356. The molecule has 8 nitrogen and oxygen atoms in total. The normalized spacial score (nSPS) is 20.6. The summed E-state index contributed by atoms with van der Waals surface area (Å²) in [5.41, 5.74) is 2.11. The first-order valence-electron chi connectivity index (χ1n) is 8.51. The van der Waals surface area contributed by atoms with Crippen molar-refractivity contribution in [3.05, 3.63) is 0 Å². The number of alkyl halides is 3. The Bertz CT molecular complexity index is 562. The predicted molar refractivity (Wildman–Crippen MR) is 102 cm³/mol. The van der Waals surface area contributed by atoms with Gasteiger partial charge < -0.3 is 15.2 Å². The summed E-state index contributed by atoms with van der Waals surface area (Å²) < 4.78 is 3.21. The van der Waals surface area contributed by atoms with E-state index < -0.39 is 51.8 Å². The standard InChI is InChI=1S/C16H26Cl3N3O5/c1-9(20-12(24)11(23)15(2,3)4)13(25)22-7-5-6-10(21-22)14(26)27-8-16(17,18)19/h9-11,21,23H,5-8H2,1-4H3,(H,20,24). The van der Waals surface area contributed by atoms with E-state index in [0.717, 1.165) is 0 Å². The Hall–Kier alpha value is -0.800. The average molecular weight is 447 g/mol. The Morgan fingerprint density at radius 1 is 1.30 bits per heavy atom. The molecule has 0 aromatic heterocycles. The molecule has 11 heteroatoms. The van der Waals surface area contributed by atoms with Gasteiger partial charge in [-0.25, -0.2) is 5.43 Å². The van der Waals surface area contributed by atoms with Crippen molar-refractivity contribution in [1.29, 1.82) is 0 Å². The highest BCUT2D eigenvalue weighted by molar-refractivity contribution is 6.67. The first-order valence-corrected chi connectivity index (χ1v) is 9.65. The number of hydrazine groups is 1. The number of hydrogen-bond acceptors (Lipinski definition) is 6. The molecule has 3 N–H and O–H groups in total. The third-order valence-electron chi connectivity index (χ3n) is 3.91. The van der Waals surface area contributed by atoms with Gasteiger partial charge in [0.05, 0.1) is 0 Å². The number of carbonyl (C=O) groups excluding carboxylic acids is 3. The number of esters is 1. The molecule has 0 bridgehead atoms. The minimum atomic E-state index is -1.72. The zero-order valence-electron chi connectivity index (χ0n) is 15.7. The second kappa shape index (κ2) is 9.60. The Morgan fingerprint density at radius 2 is 1.89 bits per heavy atom. The maximum absolute atomic E-state index is 12.5. The van der Waals surface area contributed by atoms with Crippen LogP contribution in [0.15, 0.2) is 0 Å². The number of rotatable bonds is 5. The van der Waals surface area contributed by atoms with Crippen molar-refractivity contribution in [3.63, 3.8) is 0 Å². The molecule has 0 saturated carbocycles. The van der Waals surface area contributed by atoms with E-state index in [0.29, 0.717) is 19.4 Å². The van der Waals surface area contributed by atoms with Crippen molar-refractivity contribution in [2.75, 3.05) is 13.2 Å². The highest BCUT2D eigenvalue weighted by atomic mass is 35.6. The van der Waals surface area contributed by atoms with Crippen molar-refractivity contribution in [2.24, 2.45) is 5.41 Å². The maximum atomic E-state index is 12.5. The second-order valence-corrected chi connectivity index (χ2v) is 10.1. The van der Waals surface area contributed by atoms with Crippen LogP contribution in [0.3, 0.4) is 0 Å². The van der Waals surface area contributed by atoms with Crippen molar-refractivity contribution < 1.29 is 24.2 Å². The molecule has 3 atom stereocenters. The molecule has 0 aromatic rings. The number of amides is 2. The summed E-state index contributed by atoms with van der Waals surface area (Å²) in [6, 6.07) is -1.66. The molecule has 3 unspecified atom stereocenters. The summed E-state index contributed by atoms with van der Waals surface area (Å²) >= 11 is 16.7. The average Bonchev–Trinajstić information content (AvgIpc) is 2.56. The summed E-state index contributed by atoms with van der Waals surface area (Å²) in [6.45, 7) is 6.59. The predicted octanol–water partition coefficient (Wildman–Crippen LogP) is 1.31. The largest absolute Gasteiger partial charge is 0.460 e. The van der Waals surface area contributed by atoms with Crippen LogP contribution in [0.1, 0.15) is 40.5 Å². The van der Waals surface area contributed by atoms with Gasteiger partial charge in [0.25, 0.3) is 5.91 Å². The van der Waals surface area contributed by atoms with E-state index in [1.54, 1.807) is 20.8 Å². The number of nitrogens with zero attached hydrogens (tertiary/aromatic N) is 1. The Kier molecular flexibility index (Phi) is 8.62. The van der Waals surface area contributed by atoms with E-state index >= 15 is 0 Å². The number of halogens is 3. The van der Waals surface area contributed by atoms with E-state index in [4.69, 9.17) is 39.5 Å². The van der Waals surface area contributed by atoms with Crippen LogP contribution in [0.25, 0.3) is 0 Å². The van der Waals surface area contributed by atoms with Gasteiger partial charge >= 0.3 is 5.97 Å². The highest BCUT2D eigenvalue weighted by Crippen LogP contribution is 2.26. The topological polar surface area (TPSA) is 108 Å². The second-order valence-electron chi connectivity index (χ2n) is 7.54. The van der Waals surface area contributed by atoms with Crippen LogP contribution in [0.5, 0.6) is 0 Å². The van der Waals surface area contributed by atoms with Gasteiger partial charge in [0.15, 0.2) is 0 Å². The zero-order chi connectivity index (χ0) is 21.0. The van der Waals surface area contributed by atoms with Crippen LogP contribution in [0, 0.1) is 5.41 Å². The van der Waals surface area contributed by atoms with E-state index in [1.807, 2.05) is 0 Å². The van der Waals surface area contributed by atoms with Gasteiger partial charge in [-0.15, -0.1) is 0 Å². The third kappa shape index (κ3) is 7.99. The summed E-state index contributed by atoms with van der Waals surface area (Å²) in [7, 11) is 0. The van der Waals surface area contributed by atoms with E-state index in [2.05, 4.69) is 10.7 Å². The fraction of sp³-hybridized carbons (Fsp3) is 0.812. The number of hydrogen-bond donors (Lipinski definition) is 3. The molecule has 0 spiro atoms. The van der Waals surface area contributed by atoms with Crippen LogP contribution in [0.4, 0.5) is 0 Å². The lowest BCUT2D eigenvalue weighted by Crippen LogP contribution is -2.60. The summed E-state index contributed by atoms with van der Waals surface area (Å²) in [4.78, 5) is 36.7. The lowest BCUT2D eigenvalue weighted by Gasteiger charge is -2.35. The number of nitrogens with one attached hydrogen (secondary N) is 2. The van der Waals surface area contributed by atoms with Gasteiger partial charge in [-0.1, -0.05) is 55.6 Å². The maximum Gasteiger partial charge on any atom is 0.325 e. The molecule has 1 fully saturated rings. The Balaban J connectivity index is 2.61. The first-order chi connectivity index (χ1) is 12.2. The summed E-state index contributed by atoms with van der Waals surface area (Å²) in [5.74, 6) is -1.72. The minimum Gasteiger partial charge on any atom is -0.460 e.